The number of nitrogens with zero attached hydrogens (tertiary/aromatic N) is 2. The van der Waals surface area contributed by atoms with Crippen molar-refractivity contribution < 1.29 is 9.18 Å². The van der Waals surface area contributed by atoms with E-state index in [9.17, 15) is 9.18 Å². The number of benzene rings is 1. The summed E-state index contributed by atoms with van der Waals surface area (Å²) in [7, 11) is 0. The highest BCUT2D eigenvalue weighted by atomic mass is 32.1. The molecule has 8 heteroatoms. The fourth-order valence-corrected chi connectivity index (χ4v) is 3.32. The largest absolute Gasteiger partial charge is 0.322 e. The predicted octanol–water partition coefficient (Wildman–Crippen LogP) is 4.32. The van der Waals surface area contributed by atoms with Crippen LogP contribution >= 0.6 is 23.6 Å². The number of aromatic amines is 1. The molecule has 1 aromatic carbocycles. The number of thiophene rings is 1. The van der Waals surface area contributed by atoms with Crippen molar-refractivity contribution in [2.45, 2.75) is 19.9 Å². The zero-order valence-corrected chi connectivity index (χ0v) is 14.7. The smallest absolute Gasteiger partial charge is 0.247 e. The lowest BCUT2D eigenvalue weighted by Crippen LogP contribution is -2.24. The van der Waals surface area contributed by atoms with Crippen molar-refractivity contribution in [2.24, 2.45) is 0 Å². The molecule has 5 nitrogen and oxygen atoms in total. The van der Waals surface area contributed by atoms with Gasteiger partial charge in [0.25, 0.3) is 0 Å². The van der Waals surface area contributed by atoms with E-state index in [4.69, 9.17) is 12.2 Å². The Kier molecular flexibility index (Phi) is 4.59. The maximum Gasteiger partial charge on any atom is 0.247 e. The summed E-state index contributed by atoms with van der Waals surface area (Å²) in [5.41, 5.74) is 0.931. The molecule has 0 aliphatic rings. The first-order chi connectivity index (χ1) is 11.5. The Morgan fingerprint density at radius 2 is 2.25 bits per heavy atom. The van der Waals surface area contributed by atoms with Crippen molar-refractivity contribution >= 4 is 35.1 Å². The van der Waals surface area contributed by atoms with Crippen LogP contribution in [0.2, 0.25) is 0 Å². The monoisotopic (exact) mass is 362 g/mol. The number of aromatic nitrogens is 3. The molecule has 1 unspecified atom stereocenters. The Hall–Kier alpha value is -2.32. The quantitative estimate of drug-likeness (QED) is 0.680. The first-order valence-electron chi connectivity index (χ1n) is 7.25. The lowest BCUT2D eigenvalue weighted by molar-refractivity contribution is -0.118. The van der Waals surface area contributed by atoms with Gasteiger partial charge < -0.3 is 5.32 Å². The average molecular weight is 362 g/mol. The van der Waals surface area contributed by atoms with Gasteiger partial charge in [-0.15, -0.1) is 11.3 Å². The Morgan fingerprint density at radius 3 is 2.92 bits per heavy atom. The second-order valence-electron chi connectivity index (χ2n) is 5.35. The zero-order valence-electron chi connectivity index (χ0n) is 13.0. The molecule has 2 heterocycles. The number of carbonyl (C=O) groups is 1. The molecular weight excluding hydrogens is 347 g/mol. The van der Waals surface area contributed by atoms with Crippen molar-refractivity contribution in [1.82, 2.24) is 14.8 Å². The van der Waals surface area contributed by atoms with Crippen LogP contribution < -0.4 is 5.32 Å². The molecule has 3 rings (SSSR count). The van der Waals surface area contributed by atoms with E-state index in [2.05, 4.69) is 15.5 Å². The number of rotatable bonds is 4. The van der Waals surface area contributed by atoms with E-state index in [0.29, 0.717) is 10.6 Å². The van der Waals surface area contributed by atoms with Gasteiger partial charge in [-0.1, -0.05) is 12.1 Å². The molecule has 124 valence electrons. The number of anilines is 1. The van der Waals surface area contributed by atoms with Crippen molar-refractivity contribution in [1.29, 1.82) is 0 Å². The zero-order chi connectivity index (χ0) is 17.3. The minimum Gasteiger partial charge on any atom is -0.322 e. The van der Waals surface area contributed by atoms with E-state index in [-0.39, 0.29) is 11.6 Å². The topological polar surface area (TPSA) is 62.7 Å². The van der Waals surface area contributed by atoms with Gasteiger partial charge in [0.2, 0.25) is 5.91 Å². The van der Waals surface area contributed by atoms with Crippen LogP contribution in [0.1, 0.15) is 18.5 Å². The highest BCUT2D eigenvalue weighted by Gasteiger charge is 2.22. The average Bonchev–Trinajstić information content (AvgIpc) is 3.18. The molecule has 0 aliphatic carbocycles. The molecule has 1 atom stereocenters. The first-order valence-corrected chi connectivity index (χ1v) is 8.54. The van der Waals surface area contributed by atoms with Gasteiger partial charge in [0.1, 0.15) is 11.9 Å². The van der Waals surface area contributed by atoms with Crippen LogP contribution in [0, 0.1) is 17.5 Å². The van der Waals surface area contributed by atoms with Gasteiger partial charge in [-0.05, 0) is 55.2 Å². The molecule has 0 saturated carbocycles. The van der Waals surface area contributed by atoms with Gasteiger partial charge in [-0.25, -0.2) is 4.39 Å². The fraction of sp³-hybridized carbons (Fsp3) is 0.188. The Bertz CT molecular complexity index is 930. The summed E-state index contributed by atoms with van der Waals surface area (Å²) >= 11 is 6.74. The highest BCUT2D eigenvalue weighted by Crippen LogP contribution is 2.26. The molecular formula is C16H15FN4OS2. The van der Waals surface area contributed by atoms with Gasteiger partial charge >= 0.3 is 0 Å². The molecule has 1 amide bonds. The minimum atomic E-state index is -0.644. The number of nitrogens with one attached hydrogen (secondary N) is 2. The number of amides is 1. The predicted molar refractivity (Wildman–Crippen MR) is 95.2 cm³/mol. The van der Waals surface area contributed by atoms with Crippen LogP contribution in [-0.4, -0.2) is 20.7 Å². The second-order valence-corrected chi connectivity index (χ2v) is 6.68. The summed E-state index contributed by atoms with van der Waals surface area (Å²) in [6, 6.07) is 7.81. The Morgan fingerprint density at radius 1 is 1.46 bits per heavy atom. The van der Waals surface area contributed by atoms with Crippen molar-refractivity contribution in [3.8, 4) is 10.7 Å². The van der Waals surface area contributed by atoms with Crippen LogP contribution in [0.5, 0.6) is 0 Å². The second kappa shape index (κ2) is 6.66. The number of hydrogen-bond acceptors (Lipinski definition) is 4. The summed E-state index contributed by atoms with van der Waals surface area (Å²) in [6.07, 6.45) is 0. The van der Waals surface area contributed by atoms with E-state index in [0.717, 1.165) is 10.4 Å². The molecule has 2 aromatic heterocycles. The summed E-state index contributed by atoms with van der Waals surface area (Å²) in [4.78, 5) is 13.4. The highest BCUT2D eigenvalue weighted by molar-refractivity contribution is 7.71. The summed E-state index contributed by atoms with van der Waals surface area (Å²) in [5, 5.41) is 11.4. The number of H-pyrrole nitrogens is 1. The first kappa shape index (κ1) is 16.5. The van der Waals surface area contributed by atoms with Crippen LogP contribution in [0.4, 0.5) is 10.1 Å². The van der Waals surface area contributed by atoms with Gasteiger partial charge in [0.15, 0.2) is 10.6 Å². The maximum atomic E-state index is 13.9. The molecule has 0 spiro atoms. The summed E-state index contributed by atoms with van der Waals surface area (Å²) in [5.74, 6) is -0.250. The van der Waals surface area contributed by atoms with E-state index in [1.165, 1.54) is 17.4 Å². The number of halogens is 1. The van der Waals surface area contributed by atoms with Crippen LogP contribution in [0.15, 0.2) is 35.7 Å². The molecule has 3 aromatic rings. The van der Waals surface area contributed by atoms with Crippen molar-refractivity contribution in [3.63, 3.8) is 0 Å². The normalized spacial score (nSPS) is 12.1. The van der Waals surface area contributed by atoms with Gasteiger partial charge in [-0.3, -0.25) is 14.5 Å². The van der Waals surface area contributed by atoms with E-state index < -0.39 is 11.9 Å². The maximum absolute atomic E-state index is 13.9. The van der Waals surface area contributed by atoms with Gasteiger partial charge in [-0.2, -0.15) is 5.10 Å². The SMILES string of the molecule is Cc1ccc(NC(=O)C(C)n2c(-c3cccs3)n[nH]c2=S)c(F)c1. The molecule has 0 fully saturated rings. The summed E-state index contributed by atoms with van der Waals surface area (Å²) < 4.78 is 15.9. The van der Waals surface area contributed by atoms with Gasteiger partial charge in [0.05, 0.1) is 10.6 Å². The number of aryl methyl sites for hydroxylation is 1. The van der Waals surface area contributed by atoms with E-state index in [1.54, 1.807) is 30.5 Å². The standard InChI is InChI=1S/C16H15FN4OS2/c1-9-5-6-12(11(17)8-9)18-15(22)10(2)21-14(19-20-16(21)23)13-4-3-7-24-13/h3-8,10H,1-2H3,(H,18,22)(H,20,23). The third kappa shape index (κ3) is 3.15. The van der Waals surface area contributed by atoms with E-state index >= 15 is 0 Å². The fourth-order valence-electron chi connectivity index (χ4n) is 2.32. The molecule has 0 bridgehead atoms. The molecule has 0 radical (unpaired) electrons. The van der Waals surface area contributed by atoms with Gasteiger partial charge in [0, 0.05) is 0 Å². The molecule has 0 saturated heterocycles. The summed E-state index contributed by atoms with van der Waals surface area (Å²) in [6.45, 7) is 3.49. The lowest BCUT2D eigenvalue weighted by Gasteiger charge is -2.15. The van der Waals surface area contributed by atoms with Crippen LogP contribution in [-0.2, 0) is 4.79 Å². The number of hydrogen-bond donors (Lipinski definition) is 2. The van der Waals surface area contributed by atoms with Crippen LogP contribution in [0.25, 0.3) is 10.7 Å². The molecule has 24 heavy (non-hydrogen) atoms. The lowest BCUT2D eigenvalue weighted by atomic mass is 10.2. The Balaban J connectivity index is 1.89. The van der Waals surface area contributed by atoms with Crippen molar-refractivity contribution in [3.05, 3.63) is 51.9 Å². The third-order valence-corrected chi connectivity index (χ3v) is 4.75. The third-order valence-electron chi connectivity index (χ3n) is 3.60. The number of carbonyl (C=O) groups excluding carboxylic acids is 1. The minimum absolute atomic E-state index is 0.144. The molecule has 0 aliphatic heterocycles. The molecule has 2 N–H and O–H groups in total. The van der Waals surface area contributed by atoms with Crippen LogP contribution in [0.3, 0.4) is 0 Å². The Labute approximate surface area is 147 Å². The van der Waals surface area contributed by atoms with E-state index in [1.807, 2.05) is 17.5 Å². The van der Waals surface area contributed by atoms with Crippen molar-refractivity contribution in [2.75, 3.05) is 5.32 Å².